The Morgan fingerprint density at radius 2 is 1.65 bits per heavy atom. The second-order valence-electron chi connectivity index (χ2n) is 4.26. The van der Waals surface area contributed by atoms with E-state index in [1.807, 2.05) is 24.3 Å². The molecule has 2 aromatic carbocycles. The molecular weight excluding hydrogens is 208 g/mol. The minimum atomic E-state index is 0.186. The van der Waals surface area contributed by atoms with Crippen molar-refractivity contribution in [1.82, 2.24) is 0 Å². The number of hydrogen-bond donors (Lipinski definition) is 1. The van der Waals surface area contributed by atoms with Crippen molar-refractivity contribution < 1.29 is 0 Å². The van der Waals surface area contributed by atoms with Crippen LogP contribution in [0.25, 0.3) is 0 Å². The quantitative estimate of drug-likeness (QED) is 0.776. The molecule has 0 aromatic heterocycles. The maximum absolute atomic E-state index is 4.66. The zero-order valence-corrected chi connectivity index (χ0v) is 9.72. The molecule has 0 amide bonds. The van der Waals surface area contributed by atoms with Crippen molar-refractivity contribution in [2.75, 3.05) is 5.32 Å². The van der Waals surface area contributed by atoms with Crippen LogP contribution in [0.15, 0.2) is 59.6 Å². The molecule has 0 radical (unpaired) electrons. The average molecular weight is 222 g/mol. The van der Waals surface area contributed by atoms with Crippen molar-refractivity contribution >= 4 is 17.1 Å². The predicted octanol–water partition coefficient (Wildman–Crippen LogP) is 3.95. The molecule has 17 heavy (non-hydrogen) atoms. The number of para-hydroxylation sites is 2. The van der Waals surface area contributed by atoms with Crippen LogP contribution in [0.5, 0.6) is 0 Å². The lowest BCUT2D eigenvalue weighted by molar-refractivity contribution is 1.01. The van der Waals surface area contributed by atoms with E-state index < -0.39 is 0 Å². The number of aliphatic imine (C=N–C) groups is 1. The Balaban J connectivity index is 2.02. The third kappa shape index (κ3) is 1.82. The van der Waals surface area contributed by atoms with Gasteiger partial charge in [0.25, 0.3) is 0 Å². The lowest BCUT2D eigenvalue weighted by Crippen LogP contribution is -2.21. The second kappa shape index (κ2) is 4.06. The van der Waals surface area contributed by atoms with Gasteiger partial charge in [-0.25, -0.2) is 0 Å². The SMILES string of the molecule is CC1=Nc2ccccc2NC1c1ccccc1. The van der Waals surface area contributed by atoms with E-state index in [1.54, 1.807) is 0 Å². The molecular formula is C15H14N2. The highest BCUT2D eigenvalue weighted by Crippen LogP contribution is 2.34. The van der Waals surface area contributed by atoms with Gasteiger partial charge in [0.1, 0.15) is 0 Å². The Hall–Kier alpha value is -2.09. The number of hydrogen-bond acceptors (Lipinski definition) is 2. The van der Waals surface area contributed by atoms with Gasteiger partial charge in [-0.1, -0.05) is 42.5 Å². The van der Waals surface area contributed by atoms with E-state index in [0.717, 1.165) is 17.1 Å². The first kappa shape index (κ1) is 10.1. The molecule has 1 N–H and O–H groups in total. The summed E-state index contributed by atoms with van der Waals surface area (Å²) in [4.78, 5) is 4.66. The summed E-state index contributed by atoms with van der Waals surface area (Å²) in [5.41, 5.74) is 4.49. The molecule has 2 heteroatoms. The van der Waals surface area contributed by atoms with Crippen LogP contribution in [0, 0.1) is 0 Å². The summed E-state index contributed by atoms with van der Waals surface area (Å²) < 4.78 is 0. The number of nitrogens with one attached hydrogen (secondary N) is 1. The van der Waals surface area contributed by atoms with E-state index in [-0.39, 0.29) is 6.04 Å². The smallest absolute Gasteiger partial charge is 0.0898 e. The van der Waals surface area contributed by atoms with Crippen LogP contribution in [0.4, 0.5) is 11.4 Å². The van der Waals surface area contributed by atoms with Crippen molar-refractivity contribution in [3.05, 3.63) is 60.2 Å². The first-order chi connectivity index (χ1) is 8.34. The highest BCUT2D eigenvalue weighted by atomic mass is 15.0. The normalized spacial score (nSPS) is 17.9. The van der Waals surface area contributed by atoms with Crippen LogP contribution < -0.4 is 5.32 Å². The van der Waals surface area contributed by atoms with Crippen LogP contribution in [-0.4, -0.2) is 5.71 Å². The molecule has 2 nitrogen and oxygen atoms in total. The molecule has 3 rings (SSSR count). The maximum atomic E-state index is 4.66. The molecule has 1 unspecified atom stereocenters. The van der Waals surface area contributed by atoms with Crippen molar-refractivity contribution in [2.45, 2.75) is 13.0 Å². The Morgan fingerprint density at radius 3 is 2.47 bits per heavy atom. The molecule has 2 aromatic rings. The molecule has 1 heterocycles. The Kier molecular flexibility index (Phi) is 2.41. The highest BCUT2D eigenvalue weighted by Gasteiger charge is 2.19. The zero-order chi connectivity index (χ0) is 11.7. The van der Waals surface area contributed by atoms with Gasteiger partial charge in [0, 0.05) is 5.71 Å². The molecule has 0 saturated carbocycles. The van der Waals surface area contributed by atoms with Gasteiger partial charge in [0.05, 0.1) is 17.4 Å². The first-order valence-corrected chi connectivity index (χ1v) is 5.80. The summed E-state index contributed by atoms with van der Waals surface area (Å²) in [6.45, 7) is 2.07. The topological polar surface area (TPSA) is 24.4 Å². The summed E-state index contributed by atoms with van der Waals surface area (Å²) in [5.74, 6) is 0. The Morgan fingerprint density at radius 1 is 0.941 bits per heavy atom. The summed E-state index contributed by atoms with van der Waals surface area (Å²) >= 11 is 0. The summed E-state index contributed by atoms with van der Waals surface area (Å²) in [6, 6.07) is 18.8. The van der Waals surface area contributed by atoms with Gasteiger partial charge < -0.3 is 5.32 Å². The fourth-order valence-electron chi connectivity index (χ4n) is 2.18. The summed E-state index contributed by atoms with van der Waals surface area (Å²) in [6.07, 6.45) is 0. The monoisotopic (exact) mass is 222 g/mol. The van der Waals surface area contributed by atoms with Gasteiger partial charge in [-0.2, -0.15) is 0 Å². The zero-order valence-electron chi connectivity index (χ0n) is 9.72. The number of anilines is 1. The molecule has 1 aliphatic rings. The second-order valence-corrected chi connectivity index (χ2v) is 4.26. The lowest BCUT2D eigenvalue weighted by Gasteiger charge is -2.25. The van der Waals surface area contributed by atoms with Gasteiger partial charge in [-0.15, -0.1) is 0 Å². The van der Waals surface area contributed by atoms with Crippen molar-refractivity contribution in [3.63, 3.8) is 0 Å². The van der Waals surface area contributed by atoms with Gasteiger partial charge in [-0.3, -0.25) is 4.99 Å². The lowest BCUT2D eigenvalue weighted by atomic mass is 10.0. The molecule has 1 aliphatic heterocycles. The van der Waals surface area contributed by atoms with E-state index in [2.05, 4.69) is 47.6 Å². The molecule has 0 bridgehead atoms. The van der Waals surface area contributed by atoms with E-state index in [0.29, 0.717) is 0 Å². The van der Waals surface area contributed by atoms with Crippen LogP contribution >= 0.6 is 0 Å². The third-order valence-corrected chi connectivity index (χ3v) is 3.05. The fraction of sp³-hybridized carbons (Fsp3) is 0.133. The highest BCUT2D eigenvalue weighted by molar-refractivity contribution is 5.97. The van der Waals surface area contributed by atoms with E-state index in [9.17, 15) is 0 Å². The standard InChI is InChI=1S/C15H14N2/c1-11-15(12-7-3-2-4-8-12)17-14-10-6-5-9-13(14)16-11/h2-10,15,17H,1H3. The van der Waals surface area contributed by atoms with Crippen LogP contribution in [-0.2, 0) is 0 Å². The van der Waals surface area contributed by atoms with Gasteiger partial charge >= 0.3 is 0 Å². The first-order valence-electron chi connectivity index (χ1n) is 5.80. The largest absolute Gasteiger partial charge is 0.371 e. The van der Waals surface area contributed by atoms with Crippen molar-refractivity contribution in [3.8, 4) is 0 Å². The average Bonchev–Trinajstić information content (AvgIpc) is 2.39. The Bertz CT molecular complexity index is 558. The molecule has 1 atom stereocenters. The van der Waals surface area contributed by atoms with E-state index in [4.69, 9.17) is 0 Å². The molecule has 0 saturated heterocycles. The van der Waals surface area contributed by atoms with Gasteiger partial charge in [0.15, 0.2) is 0 Å². The molecule has 0 spiro atoms. The van der Waals surface area contributed by atoms with E-state index >= 15 is 0 Å². The fourth-order valence-corrected chi connectivity index (χ4v) is 2.18. The maximum Gasteiger partial charge on any atom is 0.0898 e. The molecule has 0 aliphatic carbocycles. The van der Waals surface area contributed by atoms with Gasteiger partial charge in [-0.05, 0) is 24.6 Å². The minimum Gasteiger partial charge on any atom is -0.371 e. The minimum absolute atomic E-state index is 0.186. The number of benzene rings is 2. The van der Waals surface area contributed by atoms with Crippen molar-refractivity contribution in [2.24, 2.45) is 4.99 Å². The molecule has 0 fully saturated rings. The van der Waals surface area contributed by atoms with Gasteiger partial charge in [0.2, 0.25) is 0 Å². The predicted molar refractivity (Wildman–Crippen MR) is 72.0 cm³/mol. The number of fused-ring (bicyclic) bond motifs is 1. The van der Waals surface area contributed by atoms with Crippen molar-refractivity contribution in [1.29, 1.82) is 0 Å². The third-order valence-electron chi connectivity index (χ3n) is 3.05. The molecule has 84 valence electrons. The van der Waals surface area contributed by atoms with Crippen LogP contribution in [0.2, 0.25) is 0 Å². The van der Waals surface area contributed by atoms with Crippen LogP contribution in [0.3, 0.4) is 0 Å². The Labute approximate surface area is 101 Å². The number of rotatable bonds is 1. The van der Waals surface area contributed by atoms with Crippen LogP contribution in [0.1, 0.15) is 18.5 Å². The van der Waals surface area contributed by atoms with E-state index in [1.165, 1.54) is 5.56 Å². The summed E-state index contributed by atoms with van der Waals surface area (Å²) in [7, 11) is 0. The number of nitrogens with zero attached hydrogens (tertiary/aromatic N) is 1. The summed E-state index contributed by atoms with van der Waals surface area (Å²) in [5, 5.41) is 3.53.